The number of aliphatic carboxylic acids is 1. The van der Waals surface area contributed by atoms with E-state index in [1.165, 1.54) is 0 Å². The molecule has 0 rings (SSSR count). The monoisotopic (exact) mass is 134 g/mol. The van der Waals surface area contributed by atoms with E-state index >= 15 is 0 Å². The van der Waals surface area contributed by atoms with Crippen LogP contribution in [0, 0.1) is 0 Å². The summed E-state index contributed by atoms with van der Waals surface area (Å²) in [5.74, 6) is -2.76. The van der Waals surface area contributed by atoms with Crippen molar-refractivity contribution in [3.05, 3.63) is 0 Å². The molecule has 0 aromatic carbocycles. The van der Waals surface area contributed by atoms with Gasteiger partial charge in [-0.2, -0.15) is 13.2 Å². The normalized spacial score (nSPS) is 9.88. The fraction of sp³-hybridized carbons (Fsp3) is 0.500. The molecular weight excluding hydrogens is 132 g/mol. The lowest BCUT2D eigenvalue weighted by molar-refractivity contribution is -0.192. The van der Waals surface area contributed by atoms with Crippen molar-refractivity contribution in [1.29, 1.82) is 0 Å². The van der Waals surface area contributed by atoms with Crippen molar-refractivity contribution in [2.45, 2.75) is 6.18 Å². The van der Waals surface area contributed by atoms with E-state index in [1.54, 1.807) is 0 Å². The molecule has 0 aliphatic heterocycles. The van der Waals surface area contributed by atoms with Crippen LogP contribution in [0.2, 0.25) is 0 Å². The number of hydrogen-bond acceptors (Lipinski definition) is 1. The summed E-state index contributed by atoms with van der Waals surface area (Å²) in [7, 11) is 0. The van der Waals surface area contributed by atoms with Crippen LogP contribution in [-0.4, -0.2) is 17.3 Å². The fourth-order valence-electron chi connectivity index (χ4n) is 0. The van der Waals surface area contributed by atoms with E-state index in [-0.39, 0.29) is 4.70 Å². The zero-order valence-electron chi connectivity index (χ0n) is 3.40. The second kappa shape index (κ2) is 2.49. The topological polar surface area (TPSA) is 37.3 Å². The van der Waals surface area contributed by atoms with Crippen molar-refractivity contribution < 1.29 is 27.8 Å². The third kappa shape index (κ3) is 3.38. The van der Waals surface area contributed by atoms with Crippen LogP contribution in [0.3, 0.4) is 0 Å². The Labute approximate surface area is 41.3 Å². The third-order valence-electron chi connectivity index (χ3n) is 0.243. The Morgan fingerprint density at radius 2 is 1.50 bits per heavy atom. The minimum absolute atomic E-state index is 0. The molecule has 2 nitrogen and oxygen atoms in total. The van der Waals surface area contributed by atoms with Crippen LogP contribution in [-0.2, 0) is 4.79 Å². The average Bonchev–Trinajstić information content (AvgIpc) is 1.31. The Balaban J connectivity index is 0. The van der Waals surface area contributed by atoms with Crippen molar-refractivity contribution in [1.82, 2.24) is 0 Å². The van der Waals surface area contributed by atoms with Crippen LogP contribution in [0.25, 0.3) is 0 Å². The molecule has 0 aliphatic carbocycles. The Morgan fingerprint density at radius 1 is 1.38 bits per heavy atom. The molecule has 0 aromatic heterocycles. The van der Waals surface area contributed by atoms with Crippen molar-refractivity contribution in [3.63, 3.8) is 0 Å². The quantitative estimate of drug-likeness (QED) is 0.497. The molecule has 0 fully saturated rings. The highest BCUT2D eigenvalue weighted by atomic mass is 19.4. The lowest BCUT2D eigenvalue weighted by Crippen LogP contribution is -2.21. The first kappa shape index (κ1) is 10.2. The summed E-state index contributed by atoms with van der Waals surface area (Å²) in [6.45, 7) is 0. The summed E-state index contributed by atoms with van der Waals surface area (Å²) in [5, 5.41) is 7.12. The number of carboxylic acids is 1. The molecule has 0 heterocycles. The molecule has 0 atom stereocenters. The summed E-state index contributed by atoms with van der Waals surface area (Å²) in [5.41, 5.74) is 0. The predicted molar refractivity (Wildman–Crippen MR) is 16.2 cm³/mol. The second-order valence-corrected chi connectivity index (χ2v) is 0.803. The largest absolute Gasteiger partial charge is 0.490 e. The smallest absolute Gasteiger partial charge is 0.475 e. The second-order valence-electron chi connectivity index (χ2n) is 0.803. The van der Waals surface area contributed by atoms with E-state index in [0.29, 0.717) is 0 Å². The van der Waals surface area contributed by atoms with E-state index in [4.69, 9.17) is 9.90 Å². The first-order valence-corrected chi connectivity index (χ1v) is 1.24. The van der Waals surface area contributed by atoms with Gasteiger partial charge >= 0.3 is 12.1 Å². The van der Waals surface area contributed by atoms with Gasteiger partial charge in [0.2, 0.25) is 0 Å². The van der Waals surface area contributed by atoms with Gasteiger partial charge in [0.25, 0.3) is 0 Å². The maximum Gasteiger partial charge on any atom is 0.490 e. The molecule has 0 bridgehead atoms. The minimum Gasteiger partial charge on any atom is -0.475 e. The van der Waals surface area contributed by atoms with Gasteiger partial charge in [-0.05, 0) is 0 Å². The number of carbonyl (C=O) groups is 1. The lowest BCUT2D eigenvalue weighted by Gasteiger charge is -1.93. The van der Waals surface area contributed by atoms with Crippen LogP contribution in [0.1, 0.15) is 0 Å². The van der Waals surface area contributed by atoms with Gasteiger partial charge in [-0.1, -0.05) is 0 Å². The molecule has 6 heteroatoms. The molecular formula is C2H2F4O2. The zero-order valence-corrected chi connectivity index (χ0v) is 3.40. The van der Waals surface area contributed by atoms with Crippen LogP contribution >= 0.6 is 0 Å². The number of hydrogen-bond donors (Lipinski definition) is 1. The number of rotatable bonds is 0. The molecule has 0 aromatic rings. The Morgan fingerprint density at radius 3 is 1.50 bits per heavy atom. The standard InChI is InChI=1S/C2HF3O2.FH/c3-2(4,5)1(6)7;/h(H,6,7);1H. The molecule has 0 saturated carbocycles. The van der Waals surface area contributed by atoms with Gasteiger partial charge in [-0.15, -0.1) is 0 Å². The highest BCUT2D eigenvalue weighted by molar-refractivity contribution is 5.73. The van der Waals surface area contributed by atoms with Gasteiger partial charge in [-0.3, -0.25) is 4.70 Å². The Bertz CT molecular complexity index is 84.5. The molecule has 0 unspecified atom stereocenters. The highest BCUT2D eigenvalue weighted by Crippen LogP contribution is 2.13. The molecule has 0 saturated heterocycles. The third-order valence-corrected chi connectivity index (χ3v) is 0.243. The van der Waals surface area contributed by atoms with Gasteiger partial charge in [0, 0.05) is 0 Å². The summed E-state index contributed by atoms with van der Waals surface area (Å²) in [6, 6.07) is 0. The van der Waals surface area contributed by atoms with E-state index in [9.17, 15) is 13.2 Å². The van der Waals surface area contributed by atoms with Crippen LogP contribution in [0.15, 0.2) is 0 Å². The molecule has 0 spiro atoms. The van der Waals surface area contributed by atoms with Crippen molar-refractivity contribution in [2.24, 2.45) is 0 Å². The summed E-state index contributed by atoms with van der Waals surface area (Å²) in [4.78, 5) is 8.90. The van der Waals surface area contributed by atoms with Gasteiger partial charge in [0.15, 0.2) is 0 Å². The van der Waals surface area contributed by atoms with E-state index < -0.39 is 12.1 Å². The van der Waals surface area contributed by atoms with Gasteiger partial charge in [0.05, 0.1) is 0 Å². The number of carboxylic acid groups (broad SMARTS) is 1. The predicted octanol–water partition coefficient (Wildman–Crippen LogP) is 0.786. The van der Waals surface area contributed by atoms with E-state index in [2.05, 4.69) is 0 Å². The Kier molecular flexibility index (Phi) is 3.18. The van der Waals surface area contributed by atoms with Crippen LogP contribution in [0.4, 0.5) is 17.9 Å². The zero-order chi connectivity index (χ0) is 6.08. The maximum atomic E-state index is 10.6. The first-order valence-electron chi connectivity index (χ1n) is 1.24. The molecule has 0 amide bonds. The average molecular weight is 134 g/mol. The lowest BCUT2D eigenvalue weighted by atomic mass is 10.7. The molecule has 1 N–H and O–H groups in total. The molecule has 8 heavy (non-hydrogen) atoms. The maximum absolute atomic E-state index is 10.6. The molecule has 0 aliphatic rings. The first-order chi connectivity index (χ1) is 2.94. The van der Waals surface area contributed by atoms with Gasteiger partial charge in [-0.25, -0.2) is 4.79 Å². The van der Waals surface area contributed by atoms with E-state index in [1.807, 2.05) is 0 Å². The highest BCUT2D eigenvalue weighted by Gasteiger charge is 2.38. The SMILES string of the molecule is F.O=C(O)C(F)(F)F. The van der Waals surface area contributed by atoms with Gasteiger partial charge < -0.3 is 5.11 Å². The summed E-state index contributed by atoms with van der Waals surface area (Å²) >= 11 is 0. The molecule has 0 radical (unpaired) electrons. The fourth-order valence-corrected chi connectivity index (χ4v) is 0. The Hall–Kier alpha value is -0.810. The van der Waals surface area contributed by atoms with Crippen molar-refractivity contribution in [2.75, 3.05) is 0 Å². The number of alkyl halides is 3. The van der Waals surface area contributed by atoms with Crippen LogP contribution in [0.5, 0.6) is 0 Å². The minimum atomic E-state index is -5.08. The molecule has 50 valence electrons. The van der Waals surface area contributed by atoms with Crippen molar-refractivity contribution >= 4 is 5.97 Å². The van der Waals surface area contributed by atoms with E-state index in [0.717, 1.165) is 0 Å². The summed E-state index contributed by atoms with van der Waals surface area (Å²) in [6.07, 6.45) is -5.08. The number of halogens is 4. The van der Waals surface area contributed by atoms with Crippen LogP contribution < -0.4 is 0 Å². The summed E-state index contributed by atoms with van der Waals surface area (Å²) < 4.78 is 31.7. The van der Waals surface area contributed by atoms with Gasteiger partial charge in [0.1, 0.15) is 0 Å². The van der Waals surface area contributed by atoms with Crippen molar-refractivity contribution in [3.8, 4) is 0 Å².